The Morgan fingerprint density at radius 3 is 2.57 bits per heavy atom. The Kier molecular flexibility index (Phi) is 14.4. The summed E-state index contributed by atoms with van der Waals surface area (Å²) in [7, 11) is 5.68. The van der Waals surface area contributed by atoms with E-state index in [-0.39, 0.29) is 19.3 Å². The van der Waals surface area contributed by atoms with E-state index in [9.17, 15) is 0 Å². The monoisotopic (exact) mass is 230 g/mol. The Hall–Kier alpha value is 0.716. The van der Waals surface area contributed by atoms with Gasteiger partial charge in [-0.05, 0) is 12.8 Å². The lowest BCUT2D eigenvalue weighted by Gasteiger charge is -2.02. The van der Waals surface area contributed by atoms with Crippen LogP contribution < -0.4 is 0 Å². The van der Waals surface area contributed by atoms with Gasteiger partial charge >= 0.3 is 19.3 Å². The van der Waals surface area contributed by atoms with E-state index in [4.69, 9.17) is 18.5 Å². The lowest BCUT2D eigenvalue weighted by Crippen LogP contribution is -2.01. The summed E-state index contributed by atoms with van der Waals surface area (Å²) in [6, 6.07) is 0. The van der Waals surface area contributed by atoms with Crippen LogP contribution >= 0.6 is 9.07 Å². The maximum atomic E-state index is 5.68. The average Bonchev–Trinajstić information content (AvgIpc) is 2.21. The summed E-state index contributed by atoms with van der Waals surface area (Å²) in [6.45, 7) is 4.05. The van der Waals surface area contributed by atoms with Crippen molar-refractivity contribution < 1.29 is 9.47 Å². The van der Waals surface area contributed by atoms with Crippen molar-refractivity contribution in [1.29, 1.82) is 0 Å². The molecule has 0 unspecified atom stereocenters. The first-order valence-corrected chi connectivity index (χ1v) is 8.42. The molecule has 14 heavy (non-hydrogen) atoms. The van der Waals surface area contributed by atoms with Crippen molar-refractivity contribution in [3.8, 4) is 0 Å². The first-order chi connectivity index (χ1) is 6.91. The number of hydrogen-bond acceptors (Lipinski definition) is 2. The molecule has 0 fully saturated rings. The van der Waals surface area contributed by atoms with Crippen LogP contribution in [0.3, 0.4) is 0 Å². The molecule has 80 valence electrons. The molecule has 0 atom stereocenters. The van der Waals surface area contributed by atoms with E-state index in [1.807, 2.05) is 0 Å². The molecule has 0 saturated carbocycles. The number of allylic oxidation sites excluding steroid dienone is 1. The molecular weight excluding hydrogens is 212 g/mol. The SMILES string of the molecule is CCCOCOCC/C=C\C[CH2][Mg][Cl]. The van der Waals surface area contributed by atoms with Gasteiger partial charge in [0.25, 0.3) is 0 Å². The maximum Gasteiger partial charge on any atom is 0.501 e. The first-order valence-electron chi connectivity index (χ1n) is 5.28. The highest BCUT2D eigenvalue weighted by Crippen LogP contribution is 1.94. The smallest absolute Gasteiger partial charge is 0.355 e. The third kappa shape index (κ3) is 12.7. The Morgan fingerprint density at radius 2 is 1.86 bits per heavy atom. The zero-order valence-electron chi connectivity index (χ0n) is 9.01. The van der Waals surface area contributed by atoms with Crippen molar-refractivity contribution in [2.45, 2.75) is 30.7 Å². The fourth-order valence-electron chi connectivity index (χ4n) is 0.903. The molecule has 0 saturated heterocycles. The summed E-state index contributed by atoms with van der Waals surface area (Å²) in [5.74, 6) is 0. The molecule has 0 amide bonds. The van der Waals surface area contributed by atoms with Crippen LogP contribution in [0.5, 0.6) is 0 Å². The summed E-state index contributed by atoms with van der Waals surface area (Å²) < 4.78 is 11.6. The van der Waals surface area contributed by atoms with Crippen molar-refractivity contribution in [2.75, 3.05) is 20.0 Å². The predicted octanol–water partition coefficient (Wildman–Crippen LogP) is 3.00. The van der Waals surface area contributed by atoms with Crippen molar-refractivity contribution in [3.63, 3.8) is 0 Å². The summed E-state index contributed by atoms with van der Waals surface area (Å²) >= 11 is -0.270. The Bertz CT molecular complexity index is 131. The Balaban J connectivity index is 2.94. The third-order valence-corrected chi connectivity index (χ3v) is 3.09. The number of hydrogen-bond donors (Lipinski definition) is 0. The highest BCUT2D eigenvalue weighted by molar-refractivity contribution is 6.93. The van der Waals surface area contributed by atoms with Crippen LogP contribution in [0.4, 0.5) is 0 Å². The van der Waals surface area contributed by atoms with Gasteiger partial charge in [-0.25, -0.2) is 0 Å². The van der Waals surface area contributed by atoms with E-state index in [0.717, 1.165) is 32.5 Å². The van der Waals surface area contributed by atoms with Crippen LogP contribution in [0.25, 0.3) is 0 Å². The Morgan fingerprint density at radius 1 is 1.14 bits per heavy atom. The molecule has 0 rings (SSSR count). The molecule has 2 nitrogen and oxygen atoms in total. The lowest BCUT2D eigenvalue weighted by atomic mass is 10.3. The van der Waals surface area contributed by atoms with Crippen LogP contribution in [-0.4, -0.2) is 39.3 Å². The van der Waals surface area contributed by atoms with Crippen molar-refractivity contribution in [3.05, 3.63) is 12.2 Å². The fraction of sp³-hybridized carbons (Fsp3) is 0.800. The van der Waals surface area contributed by atoms with Crippen molar-refractivity contribution >= 4 is 28.3 Å². The standard InChI is InChI=1S/C10H19O2.ClH.Mg/c1-3-5-6-7-9-12-10-11-8-4-2;;/h5-6H,1,3-4,7-10H2,2H3;1H;/q;;+1/p-1/b6-5-;;. The predicted molar refractivity (Wildman–Crippen MR) is 61.9 cm³/mol. The molecule has 0 spiro atoms. The number of ether oxygens (including phenoxy) is 2. The molecule has 0 aromatic carbocycles. The fourth-order valence-corrected chi connectivity index (χ4v) is 1.76. The molecule has 0 N–H and O–H groups in total. The molecule has 0 aromatic rings. The van der Waals surface area contributed by atoms with Crippen LogP contribution in [0.15, 0.2) is 12.2 Å². The number of halogens is 1. The molecule has 0 heterocycles. The zero-order chi connectivity index (χ0) is 10.5. The summed E-state index contributed by atoms with van der Waals surface area (Å²) in [6.07, 6.45) is 7.49. The maximum absolute atomic E-state index is 5.68. The third-order valence-electron chi connectivity index (χ3n) is 1.62. The van der Waals surface area contributed by atoms with Gasteiger partial charge in [-0.2, -0.15) is 0 Å². The molecule has 0 aliphatic carbocycles. The normalized spacial score (nSPS) is 10.7. The van der Waals surface area contributed by atoms with Gasteiger partial charge in [0.15, 0.2) is 0 Å². The highest BCUT2D eigenvalue weighted by atomic mass is 35.5. The van der Waals surface area contributed by atoms with E-state index in [2.05, 4.69) is 19.1 Å². The Labute approximate surface area is 100 Å². The van der Waals surface area contributed by atoms with Crippen LogP contribution in [-0.2, 0) is 9.47 Å². The molecule has 0 bridgehead atoms. The van der Waals surface area contributed by atoms with Gasteiger partial charge in [0.1, 0.15) is 6.79 Å². The highest BCUT2D eigenvalue weighted by Gasteiger charge is 1.87. The lowest BCUT2D eigenvalue weighted by molar-refractivity contribution is -0.0519. The minimum atomic E-state index is -0.270. The minimum absolute atomic E-state index is 0.270. The van der Waals surface area contributed by atoms with Crippen LogP contribution in [0.1, 0.15) is 26.2 Å². The van der Waals surface area contributed by atoms with Crippen LogP contribution in [0.2, 0.25) is 4.55 Å². The van der Waals surface area contributed by atoms with Crippen molar-refractivity contribution in [2.24, 2.45) is 0 Å². The van der Waals surface area contributed by atoms with Crippen molar-refractivity contribution in [1.82, 2.24) is 0 Å². The largest absolute Gasteiger partial charge is 0.501 e. The van der Waals surface area contributed by atoms with Gasteiger partial charge in [0.05, 0.1) is 6.61 Å². The number of rotatable bonds is 10. The molecule has 0 aliphatic rings. The zero-order valence-corrected chi connectivity index (χ0v) is 11.2. The molecular formula is C10H19ClMgO2. The van der Waals surface area contributed by atoms with Gasteiger partial charge in [-0.1, -0.05) is 25.5 Å². The summed E-state index contributed by atoms with van der Waals surface area (Å²) in [5.41, 5.74) is 0. The van der Waals surface area contributed by atoms with E-state index >= 15 is 0 Å². The second-order valence-electron chi connectivity index (χ2n) is 3.03. The summed E-state index contributed by atoms with van der Waals surface area (Å²) in [4.78, 5) is 0. The average molecular weight is 231 g/mol. The van der Waals surface area contributed by atoms with E-state index in [1.165, 1.54) is 4.55 Å². The van der Waals surface area contributed by atoms with Gasteiger partial charge in [0, 0.05) is 6.61 Å². The first kappa shape index (κ1) is 14.7. The molecule has 0 aliphatic heterocycles. The van der Waals surface area contributed by atoms with Gasteiger partial charge in [0.2, 0.25) is 0 Å². The molecule has 0 radical (unpaired) electrons. The topological polar surface area (TPSA) is 18.5 Å². The molecule has 0 aromatic heterocycles. The van der Waals surface area contributed by atoms with E-state index in [0.29, 0.717) is 6.79 Å². The quantitative estimate of drug-likeness (QED) is 0.249. The van der Waals surface area contributed by atoms with E-state index < -0.39 is 0 Å². The second-order valence-corrected chi connectivity index (χ2v) is 5.24. The van der Waals surface area contributed by atoms with Gasteiger partial charge in [-0.15, -0.1) is 4.55 Å². The van der Waals surface area contributed by atoms with E-state index in [1.54, 1.807) is 0 Å². The second kappa shape index (κ2) is 13.7. The minimum Gasteiger partial charge on any atom is -0.355 e. The van der Waals surface area contributed by atoms with Gasteiger partial charge in [-0.3, -0.25) is 0 Å². The van der Waals surface area contributed by atoms with Gasteiger partial charge < -0.3 is 18.5 Å². The summed E-state index contributed by atoms with van der Waals surface area (Å²) in [5, 5.41) is 0. The molecule has 4 heteroatoms. The van der Waals surface area contributed by atoms with Crippen LogP contribution in [0, 0.1) is 0 Å².